The highest BCUT2D eigenvalue weighted by atomic mass is 32.2. The van der Waals surface area contributed by atoms with Crippen molar-refractivity contribution in [2.75, 3.05) is 0 Å². The average Bonchev–Trinajstić information content (AvgIpc) is 2.97. The zero-order valence-electron chi connectivity index (χ0n) is 10.8. The topological polar surface area (TPSA) is 90.0 Å². The van der Waals surface area contributed by atoms with Crippen LogP contribution in [-0.2, 0) is 30.2 Å². The Balaban J connectivity index is 2.17. The van der Waals surface area contributed by atoms with Crippen LogP contribution in [0.2, 0.25) is 0 Å². The SMILES string of the molecule is Cc1c(CNS(=O)(=O)c2ccsc2CN)cnn1C. The number of thiophene rings is 1. The molecule has 0 amide bonds. The minimum atomic E-state index is -3.52. The summed E-state index contributed by atoms with van der Waals surface area (Å²) in [6, 6.07) is 1.57. The molecule has 0 aliphatic carbocycles. The number of nitrogens with two attached hydrogens (primary N) is 1. The second-order valence-corrected chi connectivity index (χ2v) is 6.85. The first-order valence-corrected chi connectivity index (χ1v) is 8.05. The highest BCUT2D eigenvalue weighted by Gasteiger charge is 2.19. The lowest BCUT2D eigenvalue weighted by molar-refractivity contribution is 0.580. The standard InChI is InChI=1S/C11H16N4O2S2/c1-8-9(6-13-15(8)2)7-14-19(16,17)11-3-4-18-10(11)5-12/h3-4,6,14H,5,7,12H2,1-2H3. The van der Waals surface area contributed by atoms with E-state index in [0.29, 0.717) is 4.88 Å². The Morgan fingerprint density at radius 2 is 2.26 bits per heavy atom. The van der Waals surface area contributed by atoms with E-state index in [9.17, 15) is 8.42 Å². The van der Waals surface area contributed by atoms with Crippen LogP contribution in [0, 0.1) is 6.92 Å². The Kier molecular flexibility index (Phi) is 4.04. The van der Waals surface area contributed by atoms with Gasteiger partial charge in [0.2, 0.25) is 10.0 Å². The molecule has 8 heteroatoms. The molecular weight excluding hydrogens is 284 g/mol. The first-order valence-electron chi connectivity index (χ1n) is 5.69. The van der Waals surface area contributed by atoms with Crippen LogP contribution in [0.4, 0.5) is 0 Å². The highest BCUT2D eigenvalue weighted by molar-refractivity contribution is 7.89. The Morgan fingerprint density at radius 1 is 1.53 bits per heavy atom. The van der Waals surface area contributed by atoms with E-state index in [4.69, 9.17) is 5.73 Å². The second-order valence-electron chi connectivity index (χ2n) is 4.12. The summed E-state index contributed by atoms with van der Waals surface area (Å²) in [5.41, 5.74) is 7.33. The van der Waals surface area contributed by atoms with Crippen LogP contribution in [0.15, 0.2) is 22.5 Å². The number of aromatic nitrogens is 2. The van der Waals surface area contributed by atoms with Crippen LogP contribution >= 0.6 is 11.3 Å². The first-order chi connectivity index (χ1) is 8.95. The predicted octanol–water partition coefficient (Wildman–Crippen LogP) is 0.727. The molecule has 0 aliphatic heterocycles. The van der Waals surface area contributed by atoms with Crippen LogP contribution < -0.4 is 10.5 Å². The molecule has 0 radical (unpaired) electrons. The third kappa shape index (κ3) is 2.86. The lowest BCUT2D eigenvalue weighted by atomic mass is 10.3. The summed E-state index contributed by atoms with van der Waals surface area (Å²) in [4.78, 5) is 0.928. The average molecular weight is 300 g/mol. The Hall–Kier alpha value is -1.22. The summed E-state index contributed by atoms with van der Waals surface area (Å²) >= 11 is 1.34. The van der Waals surface area contributed by atoms with Crippen molar-refractivity contribution in [3.8, 4) is 0 Å². The maximum Gasteiger partial charge on any atom is 0.242 e. The lowest BCUT2D eigenvalue weighted by Crippen LogP contribution is -2.24. The third-order valence-corrected chi connectivity index (χ3v) is 5.53. The van der Waals surface area contributed by atoms with Crippen molar-refractivity contribution in [2.24, 2.45) is 12.8 Å². The smallest absolute Gasteiger partial charge is 0.242 e. The van der Waals surface area contributed by atoms with Gasteiger partial charge in [-0.1, -0.05) is 0 Å². The van der Waals surface area contributed by atoms with E-state index >= 15 is 0 Å². The van der Waals surface area contributed by atoms with Gasteiger partial charge in [-0.05, 0) is 18.4 Å². The summed E-state index contributed by atoms with van der Waals surface area (Å²) in [6.07, 6.45) is 1.66. The van der Waals surface area contributed by atoms with Crippen LogP contribution in [0.25, 0.3) is 0 Å². The van der Waals surface area contributed by atoms with E-state index in [-0.39, 0.29) is 18.0 Å². The molecule has 0 aromatic carbocycles. The number of hydrogen-bond donors (Lipinski definition) is 2. The van der Waals surface area contributed by atoms with Gasteiger partial charge in [0.1, 0.15) is 0 Å². The Labute approximate surface area is 116 Å². The molecule has 3 N–H and O–H groups in total. The summed E-state index contributed by atoms with van der Waals surface area (Å²) in [5, 5.41) is 5.81. The van der Waals surface area contributed by atoms with Crippen molar-refractivity contribution in [3.05, 3.63) is 33.8 Å². The van der Waals surface area contributed by atoms with Crippen LogP contribution in [0.5, 0.6) is 0 Å². The van der Waals surface area contributed by atoms with E-state index in [2.05, 4.69) is 9.82 Å². The fourth-order valence-corrected chi connectivity index (χ4v) is 4.03. The maximum absolute atomic E-state index is 12.2. The zero-order valence-corrected chi connectivity index (χ0v) is 12.4. The number of rotatable bonds is 5. The molecule has 2 heterocycles. The van der Waals surface area contributed by atoms with Crippen molar-refractivity contribution < 1.29 is 8.42 Å². The molecule has 0 saturated carbocycles. The van der Waals surface area contributed by atoms with Crippen molar-refractivity contribution in [1.29, 1.82) is 0 Å². The maximum atomic E-state index is 12.2. The molecule has 6 nitrogen and oxygen atoms in total. The predicted molar refractivity (Wildman–Crippen MR) is 74.2 cm³/mol. The molecule has 0 saturated heterocycles. The van der Waals surface area contributed by atoms with Gasteiger partial charge in [0.25, 0.3) is 0 Å². The first kappa shape index (κ1) is 14.2. The Morgan fingerprint density at radius 3 is 2.84 bits per heavy atom. The van der Waals surface area contributed by atoms with Crippen molar-refractivity contribution in [2.45, 2.75) is 24.9 Å². The largest absolute Gasteiger partial charge is 0.326 e. The quantitative estimate of drug-likeness (QED) is 0.851. The molecule has 0 bridgehead atoms. The molecule has 0 atom stereocenters. The monoisotopic (exact) mass is 300 g/mol. The van der Waals surface area contributed by atoms with Crippen LogP contribution in [-0.4, -0.2) is 18.2 Å². The molecule has 104 valence electrons. The number of nitrogens with zero attached hydrogens (tertiary/aromatic N) is 2. The van der Waals surface area contributed by atoms with Crippen LogP contribution in [0.1, 0.15) is 16.1 Å². The fraction of sp³-hybridized carbons (Fsp3) is 0.364. The van der Waals surface area contributed by atoms with E-state index in [0.717, 1.165) is 11.3 Å². The van der Waals surface area contributed by atoms with Gasteiger partial charge in [-0.3, -0.25) is 4.68 Å². The number of aryl methyl sites for hydroxylation is 1. The van der Waals surface area contributed by atoms with Crippen LogP contribution in [0.3, 0.4) is 0 Å². The lowest BCUT2D eigenvalue weighted by Gasteiger charge is -2.06. The van der Waals surface area contributed by atoms with Gasteiger partial charge in [-0.2, -0.15) is 5.10 Å². The van der Waals surface area contributed by atoms with Crippen molar-refractivity contribution >= 4 is 21.4 Å². The molecule has 0 spiro atoms. The number of hydrogen-bond acceptors (Lipinski definition) is 5. The van der Waals surface area contributed by atoms with Gasteiger partial charge in [0.05, 0.1) is 11.1 Å². The molecule has 0 unspecified atom stereocenters. The van der Waals surface area contributed by atoms with Crippen molar-refractivity contribution in [3.63, 3.8) is 0 Å². The normalized spacial score (nSPS) is 11.9. The van der Waals surface area contributed by atoms with E-state index in [1.165, 1.54) is 11.3 Å². The van der Waals surface area contributed by atoms with Crippen molar-refractivity contribution in [1.82, 2.24) is 14.5 Å². The van der Waals surface area contributed by atoms with Gasteiger partial charge in [0.15, 0.2) is 0 Å². The van der Waals surface area contributed by atoms with Gasteiger partial charge < -0.3 is 5.73 Å². The minimum Gasteiger partial charge on any atom is -0.326 e. The molecule has 2 aromatic rings. The Bertz CT molecular complexity index is 673. The summed E-state index contributed by atoms with van der Waals surface area (Å²) in [5.74, 6) is 0. The van der Waals surface area contributed by atoms with Gasteiger partial charge in [0, 0.05) is 36.3 Å². The van der Waals surface area contributed by atoms with Gasteiger partial charge in [-0.15, -0.1) is 11.3 Å². The minimum absolute atomic E-state index is 0.222. The van der Waals surface area contributed by atoms with E-state index in [1.807, 2.05) is 14.0 Å². The van der Waals surface area contributed by atoms with E-state index < -0.39 is 10.0 Å². The number of nitrogens with one attached hydrogen (secondary N) is 1. The fourth-order valence-electron chi connectivity index (χ4n) is 1.69. The van der Waals surface area contributed by atoms with Gasteiger partial charge in [-0.25, -0.2) is 13.1 Å². The zero-order chi connectivity index (χ0) is 14.0. The van der Waals surface area contributed by atoms with E-state index in [1.54, 1.807) is 22.3 Å². The van der Waals surface area contributed by atoms with Gasteiger partial charge >= 0.3 is 0 Å². The molecule has 0 aliphatic rings. The molecule has 0 fully saturated rings. The summed E-state index contributed by atoms with van der Waals surface area (Å²) in [6.45, 7) is 2.34. The molecule has 19 heavy (non-hydrogen) atoms. The highest BCUT2D eigenvalue weighted by Crippen LogP contribution is 2.21. The molecule has 2 aromatic heterocycles. The third-order valence-electron chi connectivity index (χ3n) is 2.97. The second kappa shape index (κ2) is 5.41. The molecule has 2 rings (SSSR count). The summed E-state index contributed by atoms with van der Waals surface area (Å²) < 4.78 is 28.6. The summed E-state index contributed by atoms with van der Waals surface area (Å²) in [7, 11) is -1.70. The molecular formula is C11H16N4O2S2. The number of sulfonamides is 1.